The van der Waals surface area contributed by atoms with Gasteiger partial charge in [0.25, 0.3) is 0 Å². The Labute approximate surface area is 125 Å². The van der Waals surface area contributed by atoms with Gasteiger partial charge in [0.05, 0.1) is 6.61 Å². The van der Waals surface area contributed by atoms with Crippen LogP contribution in [-0.4, -0.2) is 22.7 Å². The first kappa shape index (κ1) is 12.9. The zero-order valence-corrected chi connectivity index (χ0v) is 12.2. The van der Waals surface area contributed by atoms with Gasteiger partial charge in [-0.2, -0.15) is 0 Å². The van der Waals surface area contributed by atoms with Crippen molar-refractivity contribution < 1.29 is 4.74 Å². The van der Waals surface area contributed by atoms with Gasteiger partial charge in [-0.15, -0.1) is 0 Å². The van der Waals surface area contributed by atoms with E-state index in [1.807, 2.05) is 6.20 Å². The summed E-state index contributed by atoms with van der Waals surface area (Å²) in [5.41, 5.74) is 2.70. The van der Waals surface area contributed by atoms with Gasteiger partial charge in [0.2, 0.25) is 0 Å². The molecule has 2 aromatic rings. The Morgan fingerprint density at radius 3 is 3.38 bits per heavy atom. The monoisotopic (exact) mass is 283 g/mol. The smallest absolute Gasteiger partial charge is 0.122 e. The van der Waals surface area contributed by atoms with E-state index in [0.717, 1.165) is 38.4 Å². The molecule has 4 rings (SSSR count). The summed E-state index contributed by atoms with van der Waals surface area (Å²) in [7, 11) is 0. The van der Waals surface area contributed by atoms with E-state index in [4.69, 9.17) is 4.74 Å². The lowest BCUT2D eigenvalue weighted by Gasteiger charge is -2.23. The van der Waals surface area contributed by atoms with Gasteiger partial charge in [-0.1, -0.05) is 12.1 Å². The van der Waals surface area contributed by atoms with E-state index in [1.54, 1.807) is 0 Å². The Bertz CT molecular complexity index is 635. The predicted octanol–water partition coefficient (Wildman–Crippen LogP) is 2.49. The normalized spacial score (nSPS) is 19.9. The van der Waals surface area contributed by atoms with Crippen LogP contribution in [0, 0.1) is 0 Å². The van der Waals surface area contributed by atoms with E-state index in [1.165, 1.54) is 29.8 Å². The van der Waals surface area contributed by atoms with Crippen molar-refractivity contribution in [3.63, 3.8) is 0 Å². The van der Waals surface area contributed by atoms with Gasteiger partial charge < -0.3 is 14.6 Å². The lowest BCUT2D eigenvalue weighted by Crippen LogP contribution is -2.26. The van der Waals surface area contributed by atoms with Crippen molar-refractivity contribution in [1.29, 1.82) is 0 Å². The number of nitrogens with zero attached hydrogens (tertiary/aromatic N) is 2. The Balaban J connectivity index is 1.36. The molecule has 1 aromatic carbocycles. The summed E-state index contributed by atoms with van der Waals surface area (Å²) >= 11 is 0. The fourth-order valence-electron chi connectivity index (χ4n) is 3.44. The van der Waals surface area contributed by atoms with Gasteiger partial charge in [-0.05, 0) is 30.0 Å². The maximum absolute atomic E-state index is 5.55. The van der Waals surface area contributed by atoms with Crippen LogP contribution in [0.3, 0.4) is 0 Å². The molecule has 1 atom stereocenters. The molecule has 1 N–H and O–H groups in total. The third-order valence-electron chi connectivity index (χ3n) is 4.54. The van der Waals surface area contributed by atoms with Crippen LogP contribution in [0.1, 0.15) is 35.7 Å². The van der Waals surface area contributed by atoms with E-state index < -0.39 is 0 Å². The zero-order chi connectivity index (χ0) is 14.1. The van der Waals surface area contributed by atoms with Crippen molar-refractivity contribution in [3.05, 3.63) is 47.5 Å². The summed E-state index contributed by atoms with van der Waals surface area (Å²) in [6.07, 6.45) is 7.56. The molecule has 110 valence electrons. The minimum atomic E-state index is 0.548. The number of hydrogen-bond donors (Lipinski definition) is 1. The number of nitrogens with one attached hydrogen (secondary N) is 1. The average molecular weight is 283 g/mol. The van der Waals surface area contributed by atoms with Crippen LogP contribution >= 0.6 is 0 Å². The van der Waals surface area contributed by atoms with E-state index in [9.17, 15) is 0 Å². The molecule has 0 radical (unpaired) electrons. The van der Waals surface area contributed by atoms with Crippen LogP contribution < -0.4 is 10.1 Å². The topological polar surface area (TPSA) is 39.1 Å². The number of hydrogen-bond acceptors (Lipinski definition) is 3. The van der Waals surface area contributed by atoms with Crippen molar-refractivity contribution in [2.75, 3.05) is 13.2 Å². The first-order chi connectivity index (χ1) is 10.4. The summed E-state index contributed by atoms with van der Waals surface area (Å²) < 4.78 is 7.85. The fourth-order valence-corrected chi connectivity index (χ4v) is 3.44. The Kier molecular flexibility index (Phi) is 3.39. The highest BCUT2D eigenvalue weighted by atomic mass is 16.5. The second kappa shape index (κ2) is 5.53. The number of benzene rings is 1. The molecule has 0 spiro atoms. The lowest BCUT2D eigenvalue weighted by molar-refractivity contribution is 0.357. The van der Waals surface area contributed by atoms with Crippen molar-refractivity contribution >= 4 is 0 Å². The first-order valence-corrected chi connectivity index (χ1v) is 7.86. The molecule has 0 aliphatic carbocycles. The number of aromatic nitrogens is 2. The van der Waals surface area contributed by atoms with Crippen LogP contribution in [0.15, 0.2) is 30.6 Å². The third-order valence-corrected chi connectivity index (χ3v) is 4.54. The molecule has 4 heteroatoms. The molecule has 0 saturated carbocycles. The van der Waals surface area contributed by atoms with E-state index in [2.05, 4.69) is 39.3 Å². The molecule has 2 aliphatic rings. The highest BCUT2D eigenvalue weighted by molar-refractivity contribution is 5.39. The minimum Gasteiger partial charge on any atom is -0.493 e. The van der Waals surface area contributed by atoms with Gasteiger partial charge in [0, 0.05) is 44.4 Å². The van der Waals surface area contributed by atoms with Gasteiger partial charge in [0.1, 0.15) is 11.6 Å². The molecule has 0 saturated heterocycles. The standard InChI is InChI=1S/C17H21N3O/c1-2-15(17-19-6-8-20(17)7-1)12-18-11-13-3-4-16-14(10-13)5-9-21-16/h3-4,6,8,10,15,18H,1-2,5,7,9,11-12H2/t15-/m1/s1. The van der Waals surface area contributed by atoms with E-state index >= 15 is 0 Å². The Morgan fingerprint density at radius 1 is 1.38 bits per heavy atom. The van der Waals surface area contributed by atoms with E-state index in [-0.39, 0.29) is 0 Å². The summed E-state index contributed by atoms with van der Waals surface area (Å²) in [6.45, 7) is 3.88. The quantitative estimate of drug-likeness (QED) is 0.937. The summed E-state index contributed by atoms with van der Waals surface area (Å²) in [5.74, 6) is 2.86. The number of fused-ring (bicyclic) bond motifs is 2. The maximum Gasteiger partial charge on any atom is 0.122 e. The van der Waals surface area contributed by atoms with Crippen LogP contribution in [-0.2, 0) is 19.5 Å². The van der Waals surface area contributed by atoms with Crippen LogP contribution in [0.5, 0.6) is 5.75 Å². The van der Waals surface area contributed by atoms with Gasteiger partial charge >= 0.3 is 0 Å². The van der Waals surface area contributed by atoms with Crippen molar-refractivity contribution in [2.45, 2.75) is 38.3 Å². The number of ether oxygens (including phenoxy) is 1. The van der Waals surface area contributed by atoms with E-state index in [0.29, 0.717) is 5.92 Å². The van der Waals surface area contributed by atoms with Crippen molar-refractivity contribution in [1.82, 2.24) is 14.9 Å². The highest BCUT2D eigenvalue weighted by Crippen LogP contribution is 2.27. The molecule has 0 bridgehead atoms. The average Bonchev–Trinajstić information content (AvgIpc) is 3.15. The molecule has 0 fully saturated rings. The van der Waals surface area contributed by atoms with Gasteiger partial charge in [-0.25, -0.2) is 4.98 Å². The van der Waals surface area contributed by atoms with Gasteiger partial charge in [-0.3, -0.25) is 0 Å². The zero-order valence-electron chi connectivity index (χ0n) is 12.2. The molecule has 3 heterocycles. The summed E-state index contributed by atoms with van der Waals surface area (Å²) in [6, 6.07) is 6.54. The number of aryl methyl sites for hydroxylation is 1. The largest absolute Gasteiger partial charge is 0.493 e. The second-order valence-corrected chi connectivity index (χ2v) is 5.99. The molecule has 4 nitrogen and oxygen atoms in total. The molecule has 0 amide bonds. The highest BCUT2D eigenvalue weighted by Gasteiger charge is 2.20. The Morgan fingerprint density at radius 2 is 2.38 bits per heavy atom. The van der Waals surface area contributed by atoms with Gasteiger partial charge in [0.15, 0.2) is 0 Å². The number of rotatable bonds is 4. The summed E-state index contributed by atoms with van der Waals surface area (Å²) in [4.78, 5) is 4.52. The molecule has 21 heavy (non-hydrogen) atoms. The second-order valence-electron chi connectivity index (χ2n) is 5.99. The third kappa shape index (κ3) is 2.56. The molecular formula is C17H21N3O. The lowest BCUT2D eigenvalue weighted by atomic mass is 9.99. The van der Waals surface area contributed by atoms with Crippen LogP contribution in [0.2, 0.25) is 0 Å². The van der Waals surface area contributed by atoms with Crippen molar-refractivity contribution in [3.8, 4) is 5.75 Å². The molecule has 2 aliphatic heterocycles. The fraction of sp³-hybridized carbons (Fsp3) is 0.471. The first-order valence-electron chi connectivity index (χ1n) is 7.86. The number of imidazole rings is 1. The SMILES string of the molecule is c1cn2c(n1)[C@@H](CNCc1ccc3c(c1)CCO3)CCC2. The summed E-state index contributed by atoms with van der Waals surface area (Å²) in [5, 5.41) is 3.60. The van der Waals surface area contributed by atoms with Crippen molar-refractivity contribution in [2.24, 2.45) is 0 Å². The molecular weight excluding hydrogens is 262 g/mol. The molecule has 0 unspecified atom stereocenters. The van der Waals surface area contributed by atoms with Crippen LogP contribution in [0.4, 0.5) is 0 Å². The predicted molar refractivity (Wildman–Crippen MR) is 81.5 cm³/mol. The minimum absolute atomic E-state index is 0.548. The molecule has 1 aromatic heterocycles. The van der Waals surface area contributed by atoms with Crippen LogP contribution in [0.25, 0.3) is 0 Å². The Hall–Kier alpha value is -1.81. The maximum atomic E-state index is 5.55.